The van der Waals surface area contributed by atoms with Crippen LogP contribution in [0, 0.1) is 5.92 Å². The molecule has 0 saturated carbocycles. The summed E-state index contributed by atoms with van der Waals surface area (Å²) >= 11 is 0. The molecule has 4 nitrogen and oxygen atoms in total. The number of hydrogen-bond donors (Lipinski definition) is 1. The second kappa shape index (κ2) is 7.47. The predicted octanol–water partition coefficient (Wildman–Crippen LogP) is 4.63. The van der Waals surface area contributed by atoms with Gasteiger partial charge in [0.1, 0.15) is 0 Å². The van der Waals surface area contributed by atoms with Gasteiger partial charge in [0.15, 0.2) is 0 Å². The molecule has 0 atom stereocenters. The molecular formula is C24H24N2O2. The summed E-state index contributed by atoms with van der Waals surface area (Å²) in [6.45, 7) is 5.22. The number of hydrogen-bond acceptors (Lipinski definition) is 2. The van der Waals surface area contributed by atoms with Crippen molar-refractivity contribution in [1.82, 2.24) is 4.90 Å². The zero-order chi connectivity index (χ0) is 19.7. The van der Waals surface area contributed by atoms with Crippen LogP contribution >= 0.6 is 0 Å². The highest BCUT2D eigenvalue weighted by molar-refractivity contribution is 6.06. The fraction of sp³-hybridized carbons (Fsp3) is 0.250. The summed E-state index contributed by atoms with van der Waals surface area (Å²) in [5, 5.41) is 5.16. The smallest absolute Gasteiger partial charge is 0.255 e. The van der Waals surface area contributed by atoms with Gasteiger partial charge in [0.05, 0.1) is 0 Å². The van der Waals surface area contributed by atoms with Crippen molar-refractivity contribution < 1.29 is 9.59 Å². The second-order valence-corrected chi connectivity index (χ2v) is 7.66. The Labute approximate surface area is 165 Å². The minimum Gasteiger partial charge on any atom is -0.338 e. The maximum atomic E-state index is 12.7. The van der Waals surface area contributed by atoms with Crippen LogP contribution in [0.3, 0.4) is 0 Å². The number of nitrogens with zero attached hydrogens (tertiary/aromatic N) is 1. The lowest BCUT2D eigenvalue weighted by atomic mass is 9.98. The van der Waals surface area contributed by atoms with Gasteiger partial charge in [-0.3, -0.25) is 9.59 Å². The molecule has 0 saturated heterocycles. The van der Waals surface area contributed by atoms with Gasteiger partial charge in [-0.15, -0.1) is 0 Å². The molecule has 28 heavy (non-hydrogen) atoms. The summed E-state index contributed by atoms with van der Waals surface area (Å²) in [6.07, 6.45) is 0.854. The highest BCUT2D eigenvalue weighted by Gasteiger charge is 2.22. The summed E-state index contributed by atoms with van der Waals surface area (Å²) < 4.78 is 0. The fourth-order valence-electron chi connectivity index (χ4n) is 3.72. The largest absolute Gasteiger partial charge is 0.338 e. The topological polar surface area (TPSA) is 49.4 Å². The van der Waals surface area contributed by atoms with Gasteiger partial charge in [0, 0.05) is 30.3 Å². The molecule has 0 radical (unpaired) electrons. The molecule has 0 spiro atoms. The summed E-state index contributed by atoms with van der Waals surface area (Å²) in [5.74, 6) is 0.0465. The minimum atomic E-state index is -0.128. The maximum Gasteiger partial charge on any atom is 0.255 e. The number of fused-ring (bicyclic) bond motifs is 2. The van der Waals surface area contributed by atoms with E-state index < -0.39 is 0 Å². The number of nitrogens with one attached hydrogen (secondary N) is 1. The molecule has 0 bridgehead atoms. The Morgan fingerprint density at radius 2 is 1.71 bits per heavy atom. The van der Waals surface area contributed by atoms with E-state index in [9.17, 15) is 9.59 Å². The van der Waals surface area contributed by atoms with E-state index in [4.69, 9.17) is 0 Å². The minimum absolute atomic E-state index is 0.00246. The van der Waals surface area contributed by atoms with E-state index in [2.05, 4.69) is 11.4 Å². The lowest BCUT2D eigenvalue weighted by Gasteiger charge is -2.30. The highest BCUT2D eigenvalue weighted by Crippen LogP contribution is 2.24. The van der Waals surface area contributed by atoms with Gasteiger partial charge >= 0.3 is 0 Å². The Morgan fingerprint density at radius 1 is 0.929 bits per heavy atom. The third-order valence-corrected chi connectivity index (χ3v) is 5.29. The Bertz CT molecular complexity index is 1060. The first kappa shape index (κ1) is 18.2. The van der Waals surface area contributed by atoms with Crippen molar-refractivity contribution in [3.05, 3.63) is 77.4 Å². The Morgan fingerprint density at radius 3 is 2.50 bits per heavy atom. The Kier molecular flexibility index (Phi) is 4.86. The zero-order valence-electron chi connectivity index (χ0n) is 16.2. The third kappa shape index (κ3) is 3.63. The number of anilines is 1. The maximum absolute atomic E-state index is 12.7. The SMILES string of the molecule is CC(C)C(=O)N1CCc2ccc(NC(=O)c3ccc4ccccc4c3)cc2C1. The van der Waals surface area contributed by atoms with Gasteiger partial charge < -0.3 is 10.2 Å². The van der Waals surface area contributed by atoms with Crippen molar-refractivity contribution >= 4 is 28.3 Å². The number of carbonyl (C=O) groups is 2. The molecule has 0 aliphatic carbocycles. The molecule has 4 rings (SSSR count). The molecule has 1 heterocycles. The van der Waals surface area contributed by atoms with Crippen molar-refractivity contribution in [3.63, 3.8) is 0 Å². The summed E-state index contributed by atoms with van der Waals surface area (Å²) in [6, 6.07) is 19.7. The molecule has 3 aromatic carbocycles. The van der Waals surface area contributed by atoms with Crippen LogP contribution in [0.2, 0.25) is 0 Å². The van der Waals surface area contributed by atoms with Crippen LogP contribution in [-0.2, 0) is 17.8 Å². The van der Waals surface area contributed by atoms with Crippen LogP contribution in [0.15, 0.2) is 60.7 Å². The molecule has 0 aromatic heterocycles. The first-order valence-electron chi connectivity index (χ1n) is 9.72. The summed E-state index contributed by atoms with van der Waals surface area (Å²) in [4.78, 5) is 26.9. The van der Waals surface area contributed by atoms with E-state index in [0.29, 0.717) is 12.1 Å². The quantitative estimate of drug-likeness (QED) is 0.728. The van der Waals surface area contributed by atoms with Crippen molar-refractivity contribution in [2.45, 2.75) is 26.8 Å². The van der Waals surface area contributed by atoms with Gasteiger partial charge in [-0.2, -0.15) is 0 Å². The molecule has 4 heteroatoms. The van der Waals surface area contributed by atoms with Gasteiger partial charge in [0.25, 0.3) is 5.91 Å². The number of amides is 2. The van der Waals surface area contributed by atoms with Crippen molar-refractivity contribution in [2.75, 3.05) is 11.9 Å². The second-order valence-electron chi connectivity index (χ2n) is 7.66. The summed E-state index contributed by atoms with van der Waals surface area (Å²) in [5.41, 5.74) is 3.75. The highest BCUT2D eigenvalue weighted by atomic mass is 16.2. The van der Waals surface area contributed by atoms with Crippen LogP contribution < -0.4 is 5.32 Å². The first-order valence-corrected chi connectivity index (χ1v) is 9.72. The zero-order valence-corrected chi connectivity index (χ0v) is 16.2. The van der Waals surface area contributed by atoms with Gasteiger partial charge in [-0.05, 0) is 52.6 Å². The lowest BCUT2D eigenvalue weighted by molar-refractivity contribution is -0.135. The normalized spacial score (nSPS) is 13.5. The van der Waals surface area contributed by atoms with Crippen LogP contribution in [-0.4, -0.2) is 23.3 Å². The van der Waals surface area contributed by atoms with E-state index in [0.717, 1.165) is 35.0 Å². The molecular weight excluding hydrogens is 348 g/mol. The molecule has 0 fully saturated rings. The van der Waals surface area contributed by atoms with E-state index in [1.54, 1.807) is 0 Å². The van der Waals surface area contributed by atoms with Crippen molar-refractivity contribution in [3.8, 4) is 0 Å². The predicted molar refractivity (Wildman–Crippen MR) is 112 cm³/mol. The van der Waals surface area contributed by atoms with Gasteiger partial charge in [-0.1, -0.05) is 50.2 Å². The monoisotopic (exact) mass is 372 g/mol. The Balaban J connectivity index is 1.53. The van der Waals surface area contributed by atoms with E-state index in [1.165, 1.54) is 5.56 Å². The van der Waals surface area contributed by atoms with Gasteiger partial charge in [-0.25, -0.2) is 0 Å². The summed E-state index contributed by atoms with van der Waals surface area (Å²) in [7, 11) is 0. The fourth-order valence-corrected chi connectivity index (χ4v) is 3.72. The molecule has 0 unspecified atom stereocenters. The van der Waals surface area contributed by atoms with Crippen LogP contribution in [0.25, 0.3) is 10.8 Å². The number of benzene rings is 3. The molecule has 1 aliphatic rings. The van der Waals surface area contributed by atoms with Gasteiger partial charge in [0.2, 0.25) is 5.91 Å². The lowest BCUT2D eigenvalue weighted by Crippen LogP contribution is -2.38. The average molecular weight is 372 g/mol. The van der Waals surface area contributed by atoms with E-state index >= 15 is 0 Å². The molecule has 1 N–H and O–H groups in total. The van der Waals surface area contributed by atoms with Crippen LogP contribution in [0.4, 0.5) is 5.69 Å². The number of rotatable bonds is 3. The van der Waals surface area contributed by atoms with Crippen molar-refractivity contribution in [2.24, 2.45) is 5.92 Å². The third-order valence-electron chi connectivity index (χ3n) is 5.29. The van der Waals surface area contributed by atoms with Crippen LogP contribution in [0.1, 0.15) is 35.3 Å². The standard InChI is InChI=1S/C24H24N2O2/c1-16(2)24(28)26-12-11-18-9-10-22(14-21(18)15-26)25-23(27)20-8-7-17-5-3-4-6-19(17)13-20/h3-10,13-14,16H,11-12,15H2,1-2H3,(H,25,27). The first-order chi connectivity index (χ1) is 13.5. The van der Waals surface area contributed by atoms with E-state index in [-0.39, 0.29) is 17.7 Å². The average Bonchev–Trinajstić information content (AvgIpc) is 2.72. The van der Waals surface area contributed by atoms with E-state index in [1.807, 2.05) is 73.3 Å². The molecule has 2 amide bonds. The van der Waals surface area contributed by atoms with Crippen molar-refractivity contribution in [1.29, 1.82) is 0 Å². The van der Waals surface area contributed by atoms with Crippen LogP contribution in [0.5, 0.6) is 0 Å². The molecule has 1 aliphatic heterocycles. The molecule has 3 aromatic rings. The molecule has 142 valence electrons. The Hall–Kier alpha value is -3.14. The number of carbonyl (C=O) groups excluding carboxylic acids is 2.